The molecule has 1 aliphatic rings. The van der Waals surface area contributed by atoms with Gasteiger partial charge in [-0.3, -0.25) is 0 Å². The first-order valence-corrected chi connectivity index (χ1v) is 5.45. The van der Waals surface area contributed by atoms with Crippen molar-refractivity contribution in [1.29, 1.82) is 10.5 Å². The van der Waals surface area contributed by atoms with E-state index in [1.807, 2.05) is 24.3 Å². The van der Waals surface area contributed by atoms with Crippen LogP contribution in [0.3, 0.4) is 0 Å². The van der Waals surface area contributed by atoms with Gasteiger partial charge in [-0.05, 0) is 36.5 Å². The largest absolute Gasteiger partial charge is 0.192 e. The zero-order valence-corrected chi connectivity index (χ0v) is 8.98. The average molecular weight is 208 g/mol. The van der Waals surface area contributed by atoms with E-state index in [0.29, 0.717) is 0 Å². The molecule has 2 nitrogen and oxygen atoms in total. The summed E-state index contributed by atoms with van der Waals surface area (Å²) in [5.41, 5.74) is 2.85. The number of nitriles is 2. The third-order valence-corrected chi connectivity index (χ3v) is 3.02. The first-order chi connectivity index (χ1) is 7.85. The molecule has 0 saturated carbocycles. The lowest BCUT2D eigenvalue weighted by molar-refractivity contribution is 0.628. The Morgan fingerprint density at radius 3 is 2.75 bits per heavy atom. The Hall–Kier alpha value is -2.06. The predicted octanol–water partition coefficient (Wildman–Crippen LogP) is 3.08. The lowest BCUT2D eigenvalue weighted by atomic mass is 9.82. The van der Waals surface area contributed by atoms with Gasteiger partial charge in [-0.2, -0.15) is 10.5 Å². The van der Waals surface area contributed by atoms with E-state index in [4.69, 9.17) is 10.5 Å². The molecule has 0 aromatic heterocycles. The number of hydrogen-bond donors (Lipinski definition) is 0. The van der Waals surface area contributed by atoms with E-state index in [-0.39, 0.29) is 11.5 Å². The highest BCUT2D eigenvalue weighted by Crippen LogP contribution is 2.32. The molecule has 1 aliphatic carbocycles. The van der Waals surface area contributed by atoms with Gasteiger partial charge in [0.05, 0.1) is 0 Å². The van der Waals surface area contributed by atoms with Gasteiger partial charge < -0.3 is 0 Å². The number of rotatable bonds is 1. The Morgan fingerprint density at radius 1 is 1.25 bits per heavy atom. The molecule has 0 saturated heterocycles. The summed E-state index contributed by atoms with van der Waals surface area (Å²) in [6.45, 7) is 0. The fraction of sp³-hybridized carbons (Fsp3) is 0.286. The normalized spacial score (nSPS) is 17.8. The first-order valence-electron chi connectivity index (χ1n) is 5.45. The molecule has 0 aliphatic heterocycles. The Bertz CT molecular complexity index is 484. The van der Waals surface area contributed by atoms with Crippen LogP contribution in [-0.4, -0.2) is 0 Å². The summed E-state index contributed by atoms with van der Waals surface area (Å²) in [6.07, 6.45) is 5.07. The van der Waals surface area contributed by atoms with E-state index in [2.05, 4.69) is 12.1 Å². The van der Waals surface area contributed by atoms with Crippen molar-refractivity contribution >= 4 is 0 Å². The Morgan fingerprint density at radius 2 is 2.00 bits per heavy atom. The molecular weight excluding hydrogens is 196 g/mol. The SMILES string of the molecule is N#CC(C#N)=CC1CCCc2ccccc21. The van der Waals surface area contributed by atoms with E-state index in [9.17, 15) is 0 Å². The standard InChI is InChI=1S/C14H12N2/c15-9-11(10-16)8-13-6-3-5-12-4-1-2-7-14(12)13/h1-2,4,7-8,13H,3,5-6H2. The molecule has 0 fully saturated rings. The predicted molar refractivity (Wildman–Crippen MR) is 61.4 cm³/mol. The van der Waals surface area contributed by atoms with Gasteiger partial charge in [0.25, 0.3) is 0 Å². The fourth-order valence-corrected chi connectivity index (χ4v) is 2.27. The van der Waals surface area contributed by atoms with Crippen LogP contribution in [0, 0.1) is 22.7 Å². The number of hydrogen-bond acceptors (Lipinski definition) is 2. The summed E-state index contributed by atoms with van der Waals surface area (Å²) in [7, 11) is 0. The smallest absolute Gasteiger partial charge is 0.126 e. The Labute approximate surface area is 95.4 Å². The number of nitrogens with zero attached hydrogens (tertiary/aromatic N) is 2. The van der Waals surface area contributed by atoms with Crippen LogP contribution in [0.4, 0.5) is 0 Å². The van der Waals surface area contributed by atoms with E-state index in [0.717, 1.165) is 19.3 Å². The van der Waals surface area contributed by atoms with Crippen molar-refractivity contribution in [2.75, 3.05) is 0 Å². The molecule has 0 spiro atoms. The fourth-order valence-electron chi connectivity index (χ4n) is 2.27. The van der Waals surface area contributed by atoms with Crippen LogP contribution in [0.15, 0.2) is 35.9 Å². The van der Waals surface area contributed by atoms with E-state index in [1.165, 1.54) is 11.1 Å². The topological polar surface area (TPSA) is 47.6 Å². The van der Waals surface area contributed by atoms with Crippen molar-refractivity contribution in [3.63, 3.8) is 0 Å². The molecule has 1 aromatic carbocycles. The third kappa shape index (κ3) is 1.97. The quantitative estimate of drug-likeness (QED) is 0.666. The molecule has 0 amide bonds. The molecule has 0 radical (unpaired) electrons. The van der Waals surface area contributed by atoms with Gasteiger partial charge in [0.1, 0.15) is 17.7 Å². The van der Waals surface area contributed by atoms with E-state index in [1.54, 1.807) is 6.08 Å². The summed E-state index contributed by atoms with van der Waals surface area (Å²) >= 11 is 0. The monoisotopic (exact) mass is 208 g/mol. The molecular formula is C14H12N2. The maximum atomic E-state index is 8.76. The molecule has 1 aromatic rings. The number of benzene rings is 1. The van der Waals surface area contributed by atoms with Crippen molar-refractivity contribution in [2.45, 2.75) is 25.2 Å². The third-order valence-electron chi connectivity index (χ3n) is 3.02. The van der Waals surface area contributed by atoms with Crippen molar-refractivity contribution in [1.82, 2.24) is 0 Å². The van der Waals surface area contributed by atoms with Crippen molar-refractivity contribution in [3.05, 3.63) is 47.0 Å². The minimum Gasteiger partial charge on any atom is -0.192 e. The zero-order valence-electron chi connectivity index (χ0n) is 8.98. The van der Waals surface area contributed by atoms with Gasteiger partial charge in [0.15, 0.2) is 0 Å². The molecule has 0 N–H and O–H groups in total. The molecule has 78 valence electrons. The Balaban J connectivity index is 2.37. The number of aryl methyl sites for hydroxylation is 1. The van der Waals surface area contributed by atoms with Crippen LogP contribution in [0.5, 0.6) is 0 Å². The average Bonchev–Trinajstić information content (AvgIpc) is 2.36. The van der Waals surface area contributed by atoms with Crippen molar-refractivity contribution < 1.29 is 0 Å². The van der Waals surface area contributed by atoms with E-state index >= 15 is 0 Å². The first kappa shape index (κ1) is 10.5. The van der Waals surface area contributed by atoms with Crippen LogP contribution in [0.2, 0.25) is 0 Å². The summed E-state index contributed by atoms with van der Waals surface area (Å²) in [4.78, 5) is 0. The molecule has 16 heavy (non-hydrogen) atoms. The van der Waals surface area contributed by atoms with Crippen LogP contribution in [-0.2, 0) is 6.42 Å². The molecule has 2 rings (SSSR count). The van der Waals surface area contributed by atoms with Gasteiger partial charge >= 0.3 is 0 Å². The van der Waals surface area contributed by atoms with Crippen LogP contribution in [0.1, 0.15) is 29.9 Å². The second kappa shape index (κ2) is 4.64. The van der Waals surface area contributed by atoms with Crippen molar-refractivity contribution in [3.8, 4) is 12.1 Å². The molecule has 1 unspecified atom stereocenters. The van der Waals surface area contributed by atoms with E-state index < -0.39 is 0 Å². The summed E-state index contributed by atoms with van der Waals surface area (Å²) in [5.74, 6) is 0.235. The van der Waals surface area contributed by atoms with Gasteiger partial charge in [0, 0.05) is 5.92 Å². The number of allylic oxidation sites excluding steroid dienone is 2. The van der Waals surface area contributed by atoms with Crippen LogP contribution >= 0.6 is 0 Å². The van der Waals surface area contributed by atoms with Crippen LogP contribution < -0.4 is 0 Å². The maximum absolute atomic E-state index is 8.76. The highest BCUT2D eigenvalue weighted by Gasteiger charge is 2.18. The maximum Gasteiger partial charge on any atom is 0.126 e. The lowest BCUT2D eigenvalue weighted by Crippen LogP contribution is -2.07. The summed E-state index contributed by atoms with van der Waals surface area (Å²) in [6, 6.07) is 12.2. The Kier molecular flexibility index (Phi) is 3.03. The highest BCUT2D eigenvalue weighted by atomic mass is 14.3. The lowest BCUT2D eigenvalue weighted by Gasteiger charge is -2.22. The highest BCUT2D eigenvalue weighted by molar-refractivity contribution is 5.42. The van der Waals surface area contributed by atoms with Gasteiger partial charge in [-0.15, -0.1) is 0 Å². The number of fused-ring (bicyclic) bond motifs is 1. The van der Waals surface area contributed by atoms with Gasteiger partial charge in [-0.25, -0.2) is 0 Å². The van der Waals surface area contributed by atoms with Gasteiger partial charge in [0.2, 0.25) is 0 Å². The minimum atomic E-state index is 0.224. The summed E-state index contributed by atoms with van der Waals surface area (Å²) in [5, 5.41) is 17.5. The molecule has 0 heterocycles. The molecule has 2 heteroatoms. The zero-order chi connectivity index (χ0) is 11.4. The molecule has 0 bridgehead atoms. The second-order valence-corrected chi connectivity index (χ2v) is 4.00. The van der Waals surface area contributed by atoms with Crippen molar-refractivity contribution in [2.24, 2.45) is 0 Å². The second-order valence-electron chi connectivity index (χ2n) is 4.00. The van der Waals surface area contributed by atoms with Gasteiger partial charge in [-0.1, -0.05) is 24.3 Å². The minimum absolute atomic E-state index is 0.224. The molecule has 1 atom stereocenters. The van der Waals surface area contributed by atoms with Crippen LogP contribution in [0.25, 0.3) is 0 Å². The summed E-state index contributed by atoms with van der Waals surface area (Å²) < 4.78 is 0.